The van der Waals surface area contributed by atoms with Gasteiger partial charge in [0.1, 0.15) is 9.96 Å². The second-order valence-electron chi connectivity index (χ2n) is 9.17. The highest BCUT2D eigenvalue weighted by Gasteiger charge is 2.18. The average Bonchev–Trinajstić information content (AvgIpc) is 3.41. The first-order valence-corrected chi connectivity index (χ1v) is 13.6. The van der Waals surface area contributed by atoms with Crippen LogP contribution in [0, 0.1) is 0 Å². The maximum atomic E-state index is 12.9. The first-order chi connectivity index (χ1) is 17.1. The number of anilines is 1. The van der Waals surface area contributed by atoms with Gasteiger partial charge in [0.25, 0.3) is 0 Å². The second-order valence-corrected chi connectivity index (χ2v) is 12.3. The molecule has 36 heavy (non-hydrogen) atoms. The fourth-order valence-corrected chi connectivity index (χ4v) is 5.89. The summed E-state index contributed by atoms with van der Waals surface area (Å²) in [5, 5.41) is 11.3. The predicted molar refractivity (Wildman–Crippen MR) is 146 cm³/mol. The second kappa shape index (κ2) is 10.9. The maximum Gasteiger partial charge on any atom is 0.315 e. The van der Waals surface area contributed by atoms with Crippen molar-refractivity contribution in [3.8, 4) is 5.75 Å². The first kappa shape index (κ1) is 26.0. The van der Waals surface area contributed by atoms with E-state index >= 15 is 0 Å². The zero-order valence-corrected chi connectivity index (χ0v) is 22.8. The summed E-state index contributed by atoms with van der Waals surface area (Å²) >= 11 is 7.27. The Bertz CT molecular complexity index is 1410. The van der Waals surface area contributed by atoms with Crippen LogP contribution in [-0.2, 0) is 24.1 Å². The van der Waals surface area contributed by atoms with E-state index in [4.69, 9.17) is 21.4 Å². The number of nitrogens with one attached hydrogen (secondary N) is 3. The first-order valence-electron chi connectivity index (χ1n) is 11.2. The molecule has 3 N–H and O–H groups in total. The van der Waals surface area contributed by atoms with E-state index < -0.39 is 11.0 Å². The van der Waals surface area contributed by atoms with Crippen molar-refractivity contribution in [1.82, 2.24) is 20.4 Å². The zero-order valence-electron chi connectivity index (χ0n) is 20.4. The topological polar surface area (TPSA) is 97.3 Å². The average molecular weight is 546 g/mol. The number of benzene rings is 2. The Kier molecular flexibility index (Phi) is 7.87. The largest absolute Gasteiger partial charge is 0.496 e. The van der Waals surface area contributed by atoms with Crippen molar-refractivity contribution < 1.29 is 13.7 Å². The number of amides is 2. The van der Waals surface area contributed by atoms with Crippen LogP contribution in [0.4, 0.5) is 10.6 Å². The number of hydrogen-bond donors (Lipinski definition) is 3. The van der Waals surface area contributed by atoms with Crippen molar-refractivity contribution in [2.75, 3.05) is 11.8 Å². The number of ether oxygens (including phenoxy) is 1. The van der Waals surface area contributed by atoms with Crippen LogP contribution in [0.25, 0.3) is 10.9 Å². The van der Waals surface area contributed by atoms with Crippen molar-refractivity contribution >= 4 is 56.7 Å². The van der Waals surface area contributed by atoms with E-state index in [0.29, 0.717) is 33.2 Å². The summed E-state index contributed by atoms with van der Waals surface area (Å²) in [6.07, 6.45) is 0. The number of carbonyl (C=O) groups excluding carboxylic acids is 1. The third kappa shape index (κ3) is 6.37. The number of nitrogens with zero attached hydrogens (tertiary/aromatic N) is 2. The molecule has 0 aliphatic rings. The minimum Gasteiger partial charge on any atom is -0.496 e. The van der Waals surface area contributed by atoms with Gasteiger partial charge in [-0.15, -0.1) is 11.3 Å². The van der Waals surface area contributed by atoms with E-state index in [1.807, 2.05) is 67.9 Å². The molecular formula is C25H28ClN5O3S2. The number of hydrogen-bond acceptors (Lipinski definition) is 5. The number of thiophene rings is 1. The van der Waals surface area contributed by atoms with Crippen LogP contribution in [0.15, 0.2) is 58.8 Å². The Morgan fingerprint density at radius 1 is 1.14 bits per heavy atom. The Morgan fingerprint density at radius 3 is 2.58 bits per heavy atom. The molecule has 8 nitrogen and oxygen atoms in total. The third-order valence-electron chi connectivity index (χ3n) is 5.15. The molecule has 0 saturated carbocycles. The summed E-state index contributed by atoms with van der Waals surface area (Å²) < 4.78 is 24.5. The molecule has 2 aromatic heterocycles. The molecule has 11 heteroatoms. The monoisotopic (exact) mass is 545 g/mol. The Labute approximate surface area is 221 Å². The van der Waals surface area contributed by atoms with Gasteiger partial charge in [0.2, 0.25) is 0 Å². The van der Waals surface area contributed by atoms with Crippen molar-refractivity contribution in [3.63, 3.8) is 0 Å². The number of urea groups is 1. The molecule has 4 aromatic rings. The van der Waals surface area contributed by atoms with Gasteiger partial charge in [0.05, 0.1) is 28.9 Å². The van der Waals surface area contributed by atoms with Gasteiger partial charge in [-0.05, 0) is 56.2 Å². The molecule has 1 atom stereocenters. The molecule has 0 bridgehead atoms. The highest BCUT2D eigenvalue weighted by molar-refractivity contribution is 7.88. The third-order valence-corrected chi connectivity index (χ3v) is 7.76. The van der Waals surface area contributed by atoms with Gasteiger partial charge in [-0.1, -0.05) is 41.9 Å². The smallest absolute Gasteiger partial charge is 0.315 e. The Balaban J connectivity index is 1.57. The van der Waals surface area contributed by atoms with Crippen LogP contribution >= 0.6 is 22.9 Å². The normalized spacial score (nSPS) is 12.4. The van der Waals surface area contributed by atoms with E-state index in [0.717, 1.165) is 22.0 Å². The fourth-order valence-electron chi connectivity index (χ4n) is 3.67. The predicted octanol–water partition coefficient (Wildman–Crippen LogP) is 5.54. The maximum absolute atomic E-state index is 12.9. The Morgan fingerprint density at radius 2 is 1.89 bits per heavy atom. The highest BCUT2D eigenvalue weighted by Crippen LogP contribution is 2.34. The van der Waals surface area contributed by atoms with Gasteiger partial charge in [-0.25, -0.2) is 9.00 Å². The van der Waals surface area contributed by atoms with Gasteiger partial charge >= 0.3 is 6.03 Å². The van der Waals surface area contributed by atoms with Gasteiger partial charge < -0.3 is 15.4 Å². The molecule has 4 rings (SSSR count). The molecular weight excluding hydrogens is 518 g/mol. The summed E-state index contributed by atoms with van der Waals surface area (Å²) in [6, 6.07) is 16.9. The molecule has 0 fully saturated rings. The molecule has 2 aromatic carbocycles. The van der Waals surface area contributed by atoms with E-state index in [-0.39, 0.29) is 11.6 Å². The van der Waals surface area contributed by atoms with E-state index in [1.54, 1.807) is 19.2 Å². The lowest BCUT2D eigenvalue weighted by molar-refractivity contribution is 0.231. The Hall–Kier alpha value is -3.08. The minimum absolute atomic E-state index is 0.214. The number of carbonyl (C=O) groups is 1. The molecule has 2 amide bonds. The minimum atomic E-state index is -1.52. The molecule has 0 radical (unpaired) electrons. The lowest BCUT2D eigenvalue weighted by atomic mass is 10.1. The van der Waals surface area contributed by atoms with Crippen molar-refractivity contribution in [2.24, 2.45) is 0 Å². The standard InChI is InChI=1S/C25H28ClN5O3S2/c1-25(2,3)28-24(32)27-14-16-7-5-8-17(13-16)15-31-18-9-6-10-19(34-4)22(18)23(29-31)30-36(33)21-12-11-20(26)35-21/h5-13H,14-15H2,1-4H3,(H,29,30)(H2,27,28,32). The number of halogens is 1. The van der Waals surface area contributed by atoms with Crippen LogP contribution in [-0.4, -0.2) is 32.7 Å². The van der Waals surface area contributed by atoms with E-state index in [2.05, 4.69) is 15.4 Å². The van der Waals surface area contributed by atoms with Gasteiger partial charge in [0.15, 0.2) is 16.8 Å². The highest BCUT2D eigenvalue weighted by atomic mass is 35.5. The molecule has 2 heterocycles. The summed E-state index contributed by atoms with van der Waals surface area (Å²) in [4.78, 5) is 12.1. The van der Waals surface area contributed by atoms with Crippen LogP contribution < -0.4 is 20.1 Å². The van der Waals surface area contributed by atoms with Gasteiger partial charge in [0, 0.05) is 12.1 Å². The summed E-state index contributed by atoms with van der Waals surface area (Å²) in [5.74, 6) is 1.09. The van der Waals surface area contributed by atoms with Crippen molar-refractivity contribution in [1.29, 1.82) is 0 Å². The van der Waals surface area contributed by atoms with Crippen LogP contribution in [0.3, 0.4) is 0 Å². The van der Waals surface area contributed by atoms with Gasteiger partial charge in [-0.3, -0.25) is 9.40 Å². The molecule has 0 aliphatic carbocycles. The molecule has 0 spiro atoms. The SMILES string of the molecule is COc1cccc2c1c(NS(=O)c1ccc(Cl)s1)nn2Cc1cccc(CNC(=O)NC(C)(C)C)c1. The molecule has 0 aliphatic heterocycles. The van der Waals surface area contributed by atoms with E-state index in [1.165, 1.54) is 11.3 Å². The molecule has 190 valence electrons. The molecule has 0 saturated heterocycles. The number of rotatable bonds is 8. The van der Waals surface area contributed by atoms with Gasteiger partial charge in [-0.2, -0.15) is 5.10 Å². The number of methoxy groups -OCH3 is 1. The lowest BCUT2D eigenvalue weighted by Gasteiger charge is -2.20. The summed E-state index contributed by atoms with van der Waals surface area (Å²) in [6.45, 7) is 6.68. The quantitative estimate of drug-likeness (QED) is 0.271. The molecule has 1 unspecified atom stereocenters. The van der Waals surface area contributed by atoms with Crippen LogP contribution in [0.5, 0.6) is 5.75 Å². The van der Waals surface area contributed by atoms with Crippen molar-refractivity contribution in [2.45, 2.75) is 43.6 Å². The number of aromatic nitrogens is 2. The van der Waals surface area contributed by atoms with Crippen molar-refractivity contribution in [3.05, 3.63) is 70.1 Å². The van der Waals surface area contributed by atoms with Crippen LogP contribution in [0.2, 0.25) is 4.34 Å². The van der Waals surface area contributed by atoms with E-state index in [9.17, 15) is 9.00 Å². The fraction of sp³-hybridized carbons (Fsp3) is 0.280. The summed E-state index contributed by atoms with van der Waals surface area (Å²) in [7, 11) is 0.0706. The number of fused-ring (bicyclic) bond motifs is 1. The summed E-state index contributed by atoms with van der Waals surface area (Å²) in [5.41, 5.74) is 2.51. The lowest BCUT2D eigenvalue weighted by Crippen LogP contribution is -2.46. The van der Waals surface area contributed by atoms with Crippen LogP contribution in [0.1, 0.15) is 31.9 Å². The zero-order chi connectivity index (χ0) is 25.9.